The van der Waals surface area contributed by atoms with Gasteiger partial charge in [-0.15, -0.1) is 0 Å². The van der Waals surface area contributed by atoms with E-state index in [-0.39, 0.29) is 11.5 Å². The summed E-state index contributed by atoms with van der Waals surface area (Å²) in [5.41, 5.74) is 0.809. The summed E-state index contributed by atoms with van der Waals surface area (Å²) in [5, 5.41) is 10.9. The van der Waals surface area contributed by atoms with Crippen molar-refractivity contribution < 1.29 is 9.72 Å². The summed E-state index contributed by atoms with van der Waals surface area (Å²) < 4.78 is 0. The minimum atomic E-state index is -0.478. The van der Waals surface area contributed by atoms with E-state index in [1.165, 1.54) is 12.1 Å². The maximum atomic E-state index is 11.4. The van der Waals surface area contributed by atoms with Gasteiger partial charge < -0.3 is 0 Å². The first-order chi connectivity index (χ1) is 6.61. The Morgan fingerprint density at radius 3 is 2.71 bits per heavy atom. The summed E-state index contributed by atoms with van der Waals surface area (Å²) in [6, 6.07) is 2.75. The number of nitrogens with zero attached hydrogens (tertiary/aromatic N) is 1. The average Bonchev–Trinajstić information content (AvgIpc) is 2.49. The normalized spacial score (nSPS) is 14.2. The molecule has 5 heteroatoms. The molecule has 1 aromatic carbocycles. The van der Waals surface area contributed by atoms with Crippen molar-refractivity contribution in [2.45, 2.75) is 12.8 Å². The van der Waals surface area contributed by atoms with Crippen molar-refractivity contribution in [1.29, 1.82) is 0 Å². The van der Waals surface area contributed by atoms with Crippen LogP contribution in [0.2, 0.25) is 5.02 Å². The number of carbonyl (C=O) groups is 1. The van der Waals surface area contributed by atoms with Crippen molar-refractivity contribution in [3.05, 3.63) is 38.4 Å². The van der Waals surface area contributed by atoms with E-state index in [2.05, 4.69) is 0 Å². The van der Waals surface area contributed by atoms with Gasteiger partial charge in [-0.05, 0) is 12.5 Å². The monoisotopic (exact) mass is 211 g/mol. The molecule has 1 aliphatic carbocycles. The van der Waals surface area contributed by atoms with E-state index in [0.717, 1.165) is 0 Å². The molecular formula is C9H6ClNO3. The summed E-state index contributed by atoms with van der Waals surface area (Å²) in [6.45, 7) is 0. The molecule has 0 unspecified atom stereocenters. The largest absolute Gasteiger partial charge is 0.294 e. The predicted molar refractivity (Wildman–Crippen MR) is 50.8 cm³/mol. The molecule has 0 saturated heterocycles. The molecular weight excluding hydrogens is 206 g/mol. The van der Waals surface area contributed by atoms with Gasteiger partial charge in [-0.1, -0.05) is 11.6 Å². The molecule has 0 N–H and O–H groups in total. The molecule has 0 aliphatic heterocycles. The highest BCUT2D eigenvalue weighted by molar-refractivity contribution is 6.34. The van der Waals surface area contributed by atoms with Crippen LogP contribution in [-0.2, 0) is 6.42 Å². The number of halogens is 1. The van der Waals surface area contributed by atoms with Crippen molar-refractivity contribution in [3.63, 3.8) is 0 Å². The van der Waals surface area contributed by atoms with Crippen LogP contribution in [0.4, 0.5) is 5.69 Å². The van der Waals surface area contributed by atoms with E-state index in [1.807, 2.05) is 0 Å². The van der Waals surface area contributed by atoms with E-state index in [9.17, 15) is 14.9 Å². The molecule has 2 rings (SSSR count). The number of ketones is 1. The van der Waals surface area contributed by atoms with Crippen LogP contribution in [-0.4, -0.2) is 10.7 Å². The Morgan fingerprint density at radius 2 is 2.07 bits per heavy atom. The van der Waals surface area contributed by atoms with Crippen LogP contribution in [0, 0.1) is 10.1 Å². The lowest BCUT2D eigenvalue weighted by Gasteiger charge is -2.00. The van der Waals surface area contributed by atoms with Gasteiger partial charge in [0.2, 0.25) is 0 Å². The summed E-state index contributed by atoms with van der Waals surface area (Å²) in [5.74, 6) is -0.103. The zero-order valence-corrected chi connectivity index (χ0v) is 7.87. The molecule has 0 radical (unpaired) electrons. The quantitative estimate of drug-likeness (QED) is 0.529. The van der Waals surface area contributed by atoms with E-state index >= 15 is 0 Å². The molecule has 14 heavy (non-hydrogen) atoms. The Hall–Kier alpha value is -1.42. The maximum absolute atomic E-state index is 11.4. The minimum Gasteiger partial charge on any atom is -0.294 e. The second-order valence-corrected chi connectivity index (χ2v) is 3.51. The molecule has 0 heterocycles. The standard InChI is InChI=1S/C9H6ClNO3/c10-6-2-3-7(11(13)14)5-1-4-8(12)9(5)6/h2-3H,1,4H2. The average molecular weight is 212 g/mol. The van der Waals surface area contributed by atoms with Gasteiger partial charge in [-0.3, -0.25) is 14.9 Å². The molecule has 1 aliphatic rings. The number of fused-ring (bicyclic) bond motifs is 1. The van der Waals surface area contributed by atoms with Crippen molar-refractivity contribution in [3.8, 4) is 0 Å². The molecule has 0 fully saturated rings. The molecule has 72 valence electrons. The molecule has 0 aromatic heterocycles. The zero-order chi connectivity index (χ0) is 10.3. The Labute approximate surface area is 84.6 Å². The van der Waals surface area contributed by atoms with E-state index in [0.29, 0.717) is 29.0 Å². The van der Waals surface area contributed by atoms with Gasteiger partial charge in [0.15, 0.2) is 5.78 Å². The van der Waals surface area contributed by atoms with Gasteiger partial charge in [-0.25, -0.2) is 0 Å². The van der Waals surface area contributed by atoms with E-state index in [4.69, 9.17) is 11.6 Å². The summed E-state index contributed by atoms with van der Waals surface area (Å²) in [7, 11) is 0. The smallest absolute Gasteiger partial charge is 0.273 e. The van der Waals surface area contributed by atoms with E-state index < -0.39 is 4.92 Å². The second-order valence-electron chi connectivity index (χ2n) is 3.10. The number of Topliss-reactive ketones (excluding diaryl/α,β-unsaturated/α-hetero) is 1. The van der Waals surface area contributed by atoms with Crippen LogP contribution in [0.5, 0.6) is 0 Å². The number of nitro benzene ring substituents is 1. The predicted octanol–water partition coefficient (Wildman–Crippen LogP) is 2.38. The zero-order valence-electron chi connectivity index (χ0n) is 7.12. The van der Waals surface area contributed by atoms with Crippen LogP contribution in [0.25, 0.3) is 0 Å². The highest BCUT2D eigenvalue weighted by atomic mass is 35.5. The lowest BCUT2D eigenvalue weighted by Crippen LogP contribution is -1.97. The SMILES string of the molecule is O=C1CCc2c([N+](=O)[O-])ccc(Cl)c21. The van der Waals surface area contributed by atoms with E-state index in [1.54, 1.807) is 0 Å². The van der Waals surface area contributed by atoms with Crippen LogP contribution in [0.15, 0.2) is 12.1 Å². The third-order valence-corrected chi connectivity index (χ3v) is 2.63. The molecule has 4 nitrogen and oxygen atoms in total. The molecule has 0 spiro atoms. The van der Waals surface area contributed by atoms with Gasteiger partial charge in [0, 0.05) is 23.6 Å². The number of rotatable bonds is 1. The van der Waals surface area contributed by atoms with Crippen LogP contribution < -0.4 is 0 Å². The van der Waals surface area contributed by atoms with Crippen molar-refractivity contribution in [2.24, 2.45) is 0 Å². The van der Waals surface area contributed by atoms with Crippen LogP contribution in [0.1, 0.15) is 22.3 Å². The lowest BCUT2D eigenvalue weighted by molar-refractivity contribution is -0.385. The molecule has 1 aromatic rings. The number of nitro groups is 1. The highest BCUT2D eigenvalue weighted by Gasteiger charge is 2.29. The summed E-state index contributed by atoms with van der Waals surface area (Å²) in [6.07, 6.45) is 0.741. The first-order valence-corrected chi connectivity index (χ1v) is 4.48. The maximum Gasteiger partial charge on any atom is 0.273 e. The summed E-state index contributed by atoms with van der Waals surface area (Å²) in [4.78, 5) is 21.5. The number of hydrogen-bond acceptors (Lipinski definition) is 3. The molecule has 0 saturated carbocycles. The van der Waals surface area contributed by atoms with Gasteiger partial charge in [0.1, 0.15) is 0 Å². The number of benzene rings is 1. The van der Waals surface area contributed by atoms with Gasteiger partial charge >= 0.3 is 0 Å². The fourth-order valence-corrected chi connectivity index (χ4v) is 1.98. The summed E-state index contributed by atoms with van der Waals surface area (Å²) >= 11 is 5.80. The van der Waals surface area contributed by atoms with Gasteiger partial charge in [0.05, 0.1) is 9.95 Å². The highest BCUT2D eigenvalue weighted by Crippen LogP contribution is 2.35. The van der Waals surface area contributed by atoms with Gasteiger partial charge in [0.25, 0.3) is 5.69 Å². The minimum absolute atomic E-state index is 0.00440. The third-order valence-electron chi connectivity index (χ3n) is 2.31. The van der Waals surface area contributed by atoms with Crippen LogP contribution >= 0.6 is 11.6 Å². The Kier molecular flexibility index (Phi) is 2.00. The number of hydrogen-bond donors (Lipinski definition) is 0. The fourth-order valence-electron chi connectivity index (χ4n) is 1.70. The first kappa shape index (κ1) is 9.15. The Bertz CT molecular complexity index is 442. The Morgan fingerprint density at radius 1 is 1.36 bits per heavy atom. The van der Waals surface area contributed by atoms with Crippen LogP contribution in [0.3, 0.4) is 0 Å². The third kappa shape index (κ3) is 1.19. The first-order valence-electron chi connectivity index (χ1n) is 4.10. The second kappa shape index (κ2) is 3.06. The molecule has 0 amide bonds. The van der Waals surface area contributed by atoms with Crippen molar-refractivity contribution in [1.82, 2.24) is 0 Å². The number of carbonyl (C=O) groups excluding carboxylic acids is 1. The van der Waals surface area contributed by atoms with Crippen molar-refractivity contribution in [2.75, 3.05) is 0 Å². The Balaban J connectivity index is 2.70. The molecule has 0 atom stereocenters. The fraction of sp³-hybridized carbons (Fsp3) is 0.222. The van der Waals surface area contributed by atoms with Crippen molar-refractivity contribution >= 4 is 23.1 Å². The van der Waals surface area contributed by atoms with Gasteiger partial charge in [-0.2, -0.15) is 0 Å². The molecule has 0 bridgehead atoms. The lowest BCUT2D eigenvalue weighted by atomic mass is 10.1. The topological polar surface area (TPSA) is 60.2 Å².